The molecule has 1 amide bonds. The average molecular weight is 306 g/mol. The molecule has 1 atom stereocenters. The SMILES string of the molecule is O=C(CN1CCC[C@@H]1C(=O)O)Nc1ccnn1C1CCCC1. The van der Waals surface area contributed by atoms with Crippen LogP contribution in [0.5, 0.6) is 0 Å². The quantitative estimate of drug-likeness (QED) is 0.860. The van der Waals surface area contributed by atoms with Crippen LogP contribution in [0.4, 0.5) is 5.82 Å². The highest BCUT2D eigenvalue weighted by molar-refractivity contribution is 5.92. The summed E-state index contributed by atoms with van der Waals surface area (Å²) in [4.78, 5) is 25.1. The Balaban J connectivity index is 1.60. The predicted octanol–water partition coefficient (Wildman–Crippen LogP) is 1.49. The van der Waals surface area contributed by atoms with Gasteiger partial charge in [0.1, 0.15) is 11.9 Å². The fourth-order valence-corrected chi connectivity index (χ4v) is 3.51. The zero-order valence-electron chi connectivity index (χ0n) is 12.6. The molecule has 1 aliphatic carbocycles. The van der Waals surface area contributed by atoms with Gasteiger partial charge in [-0.2, -0.15) is 5.10 Å². The summed E-state index contributed by atoms with van der Waals surface area (Å²) >= 11 is 0. The summed E-state index contributed by atoms with van der Waals surface area (Å²) in [6.45, 7) is 0.777. The lowest BCUT2D eigenvalue weighted by atomic mass is 10.2. The summed E-state index contributed by atoms with van der Waals surface area (Å²) in [6, 6.07) is 1.63. The van der Waals surface area contributed by atoms with Crippen LogP contribution < -0.4 is 5.32 Å². The Labute approximate surface area is 129 Å². The van der Waals surface area contributed by atoms with Gasteiger partial charge in [0.15, 0.2) is 0 Å². The standard InChI is InChI=1S/C15H22N4O3/c20-14(10-18-9-3-6-12(18)15(21)22)17-13-7-8-16-19(13)11-4-1-2-5-11/h7-8,11-12H,1-6,9-10H2,(H,17,20)(H,21,22)/t12-/m1/s1. The first-order valence-corrected chi connectivity index (χ1v) is 7.95. The second kappa shape index (κ2) is 6.48. The third kappa shape index (κ3) is 3.14. The minimum Gasteiger partial charge on any atom is -0.480 e. The van der Waals surface area contributed by atoms with Gasteiger partial charge in [0.05, 0.1) is 18.8 Å². The zero-order valence-corrected chi connectivity index (χ0v) is 12.6. The van der Waals surface area contributed by atoms with Crippen LogP contribution >= 0.6 is 0 Å². The molecule has 1 saturated carbocycles. The molecular weight excluding hydrogens is 284 g/mol. The first kappa shape index (κ1) is 15.0. The van der Waals surface area contributed by atoms with Crippen LogP contribution in [0.15, 0.2) is 12.3 Å². The van der Waals surface area contributed by atoms with Gasteiger partial charge in [-0.1, -0.05) is 12.8 Å². The maximum absolute atomic E-state index is 12.2. The number of rotatable bonds is 5. The minimum absolute atomic E-state index is 0.118. The van der Waals surface area contributed by atoms with Crippen LogP contribution in [0.1, 0.15) is 44.6 Å². The van der Waals surface area contributed by atoms with Gasteiger partial charge in [-0.15, -0.1) is 0 Å². The van der Waals surface area contributed by atoms with Gasteiger partial charge in [0.25, 0.3) is 0 Å². The Morgan fingerprint density at radius 2 is 2.05 bits per heavy atom. The Bertz CT molecular complexity index is 551. The number of aromatic nitrogens is 2. The van der Waals surface area contributed by atoms with Crippen molar-refractivity contribution in [2.75, 3.05) is 18.4 Å². The lowest BCUT2D eigenvalue weighted by molar-refractivity contribution is -0.142. The van der Waals surface area contributed by atoms with Crippen molar-refractivity contribution in [2.24, 2.45) is 0 Å². The van der Waals surface area contributed by atoms with Gasteiger partial charge in [-0.25, -0.2) is 4.68 Å². The highest BCUT2D eigenvalue weighted by Crippen LogP contribution is 2.31. The second-order valence-corrected chi connectivity index (χ2v) is 6.11. The zero-order chi connectivity index (χ0) is 15.5. The van der Waals surface area contributed by atoms with E-state index in [1.54, 1.807) is 17.2 Å². The lowest BCUT2D eigenvalue weighted by Crippen LogP contribution is -2.41. The molecule has 2 fully saturated rings. The van der Waals surface area contributed by atoms with E-state index in [0.29, 0.717) is 24.8 Å². The van der Waals surface area contributed by atoms with Crippen LogP contribution in [-0.4, -0.2) is 50.8 Å². The Morgan fingerprint density at radius 3 is 2.77 bits per heavy atom. The Morgan fingerprint density at radius 1 is 1.27 bits per heavy atom. The summed E-state index contributed by atoms with van der Waals surface area (Å²) in [5.41, 5.74) is 0. The van der Waals surface area contributed by atoms with Crippen molar-refractivity contribution >= 4 is 17.7 Å². The number of likely N-dealkylation sites (tertiary alicyclic amines) is 1. The number of nitrogens with zero attached hydrogens (tertiary/aromatic N) is 3. The van der Waals surface area contributed by atoms with E-state index in [9.17, 15) is 9.59 Å². The van der Waals surface area contributed by atoms with Gasteiger partial charge in [0.2, 0.25) is 5.91 Å². The number of hydrogen-bond acceptors (Lipinski definition) is 4. The number of anilines is 1. The first-order chi connectivity index (χ1) is 10.6. The van der Waals surface area contributed by atoms with Crippen LogP contribution in [0.3, 0.4) is 0 Å². The topological polar surface area (TPSA) is 87.5 Å². The summed E-state index contributed by atoms with van der Waals surface area (Å²) < 4.78 is 1.89. The molecule has 2 heterocycles. The number of aliphatic carboxylic acids is 1. The molecule has 3 rings (SSSR count). The number of amides is 1. The van der Waals surface area contributed by atoms with E-state index >= 15 is 0 Å². The lowest BCUT2D eigenvalue weighted by Gasteiger charge is -2.21. The van der Waals surface area contributed by atoms with Gasteiger partial charge < -0.3 is 10.4 Å². The molecule has 2 N–H and O–H groups in total. The molecule has 0 bridgehead atoms. The molecule has 1 aliphatic heterocycles. The fraction of sp³-hybridized carbons (Fsp3) is 0.667. The molecule has 0 spiro atoms. The van der Waals surface area contributed by atoms with E-state index in [2.05, 4.69) is 10.4 Å². The first-order valence-electron chi connectivity index (χ1n) is 7.95. The van der Waals surface area contributed by atoms with Crippen molar-refractivity contribution in [3.8, 4) is 0 Å². The second-order valence-electron chi connectivity index (χ2n) is 6.11. The number of nitrogens with one attached hydrogen (secondary N) is 1. The summed E-state index contributed by atoms with van der Waals surface area (Å²) in [6.07, 6.45) is 7.73. The van der Waals surface area contributed by atoms with Crippen molar-refractivity contribution in [3.05, 3.63) is 12.3 Å². The largest absolute Gasteiger partial charge is 0.480 e. The number of hydrogen-bond donors (Lipinski definition) is 2. The van der Waals surface area contributed by atoms with Crippen LogP contribution in [0.25, 0.3) is 0 Å². The number of carbonyl (C=O) groups is 2. The third-order valence-electron chi connectivity index (χ3n) is 4.60. The molecule has 7 nitrogen and oxygen atoms in total. The van der Waals surface area contributed by atoms with Gasteiger partial charge in [0, 0.05) is 6.07 Å². The van der Waals surface area contributed by atoms with Gasteiger partial charge in [-0.3, -0.25) is 14.5 Å². The van der Waals surface area contributed by atoms with E-state index in [4.69, 9.17) is 5.11 Å². The summed E-state index contributed by atoms with van der Waals surface area (Å²) in [7, 11) is 0. The van der Waals surface area contributed by atoms with Gasteiger partial charge >= 0.3 is 5.97 Å². The van der Waals surface area contributed by atoms with E-state index < -0.39 is 12.0 Å². The monoisotopic (exact) mass is 306 g/mol. The maximum atomic E-state index is 12.2. The van der Waals surface area contributed by atoms with Gasteiger partial charge in [-0.05, 0) is 32.2 Å². The Kier molecular flexibility index (Phi) is 4.42. The van der Waals surface area contributed by atoms with Crippen molar-refractivity contribution in [2.45, 2.75) is 50.6 Å². The molecule has 1 saturated heterocycles. The third-order valence-corrected chi connectivity index (χ3v) is 4.60. The van der Waals surface area contributed by atoms with E-state index in [1.165, 1.54) is 12.8 Å². The molecule has 2 aliphatic rings. The van der Waals surface area contributed by atoms with Crippen molar-refractivity contribution in [1.29, 1.82) is 0 Å². The molecule has 1 aromatic heterocycles. The highest BCUT2D eigenvalue weighted by Gasteiger charge is 2.31. The molecular formula is C15H22N4O3. The number of carboxylic acid groups (broad SMARTS) is 1. The van der Waals surface area contributed by atoms with E-state index in [-0.39, 0.29) is 12.5 Å². The summed E-state index contributed by atoms with van der Waals surface area (Å²) in [5, 5.41) is 16.4. The van der Waals surface area contributed by atoms with Crippen LogP contribution in [-0.2, 0) is 9.59 Å². The molecule has 120 valence electrons. The number of carboxylic acids is 1. The molecule has 0 radical (unpaired) electrons. The van der Waals surface area contributed by atoms with E-state index in [1.807, 2.05) is 4.68 Å². The summed E-state index contributed by atoms with van der Waals surface area (Å²) in [5.74, 6) is -0.308. The predicted molar refractivity (Wildman–Crippen MR) is 80.6 cm³/mol. The maximum Gasteiger partial charge on any atom is 0.320 e. The molecule has 0 aromatic carbocycles. The fourth-order valence-electron chi connectivity index (χ4n) is 3.51. The molecule has 22 heavy (non-hydrogen) atoms. The highest BCUT2D eigenvalue weighted by atomic mass is 16.4. The normalized spacial score (nSPS) is 23.0. The average Bonchev–Trinajstić information content (AvgIpc) is 3.18. The van der Waals surface area contributed by atoms with Crippen molar-refractivity contribution in [1.82, 2.24) is 14.7 Å². The van der Waals surface area contributed by atoms with Crippen LogP contribution in [0.2, 0.25) is 0 Å². The minimum atomic E-state index is -0.846. The Hall–Kier alpha value is -1.89. The number of carbonyl (C=O) groups excluding carboxylic acids is 1. The van der Waals surface area contributed by atoms with E-state index in [0.717, 1.165) is 19.3 Å². The molecule has 1 aromatic rings. The van der Waals surface area contributed by atoms with Crippen molar-refractivity contribution in [3.63, 3.8) is 0 Å². The van der Waals surface area contributed by atoms with Crippen LogP contribution in [0, 0.1) is 0 Å². The molecule has 0 unspecified atom stereocenters. The smallest absolute Gasteiger partial charge is 0.320 e. The molecule has 7 heteroatoms. The van der Waals surface area contributed by atoms with Crippen molar-refractivity contribution < 1.29 is 14.7 Å².